The van der Waals surface area contributed by atoms with Gasteiger partial charge in [0.2, 0.25) is 5.43 Å². The van der Waals surface area contributed by atoms with Crippen molar-refractivity contribution in [3.63, 3.8) is 0 Å². The molecule has 1 heterocycles. The van der Waals surface area contributed by atoms with Crippen molar-refractivity contribution in [1.82, 2.24) is 9.78 Å². The van der Waals surface area contributed by atoms with Gasteiger partial charge in [0.15, 0.2) is 0 Å². The van der Waals surface area contributed by atoms with Gasteiger partial charge in [-0.15, -0.1) is 5.92 Å². The van der Waals surface area contributed by atoms with Crippen LogP contribution in [0.15, 0.2) is 59.5 Å². The molecule has 0 aliphatic heterocycles. The number of ether oxygens (including phenoxy) is 1. The van der Waals surface area contributed by atoms with E-state index in [0.717, 1.165) is 11.1 Å². The molecule has 5 nitrogen and oxygen atoms in total. The molecule has 0 fully saturated rings. The smallest absolute Gasteiger partial charge is 0.308 e. The van der Waals surface area contributed by atoms with Gasteiger partial charge in [-0.3, -0.25) is 14.3 Å². The van der Waals surface area contributed by atoms with Crippen LogP contribution < -0.4 is 5.43 Å². The monoisotopic (exact) mass is 346 g/mol. The Morgan fingerprint density at radius 2 is 1.92 bits per heavy atom. The van der Waals surface area contributed by atoms with E-state index in [9.17, 15) is 9.59 Å². The van der Waals surface area contributed by atoms with Gasteiger partial charge in [-0.25, -0.2) is 0 Å². The number of fused-ring (bicyclic) bond motifs is 1. The van der Waals surface area contributed by atoms with Gasteiger partial charge < -0.3 is 4.74 Å². The third-order valence-corrected chi connectivity index (χ3v) is 3.91. The molecule has 0 radical (unpaired) electrons. The van der Waals surface area contributed by atoms with Gasteiger partial charge in [0.1, 0.15) is 6.61 Å². The molecule has 0 bridgehead atoms. The Morgan fingerprint density at radius 3 is 2.69 bits per heavy atom. The van der Waals surface area contributed by atoms with Crippen molar-refractivity contribution in [2.75, 3.05) is 0 Å². The van der Waals surface area contributed by atoms with Gasteiger partial charge in [0.05, 0.1) is 24.7 Å². The molecule has 0 unspecified atom stereocenters. The number of benzene rings is 2. The molecule has 1 aromatic heterocycles. The summed E-state index contributed by atoms with van der Waals surface area (Å²) in [6.07, 6.45) is 1.45. The molecule has 2 aromatic carbocycles. The molecule has 0 atom stereocenters. The minimum absolute atomic E-state index is 0.129. The first kappa shape index (κ1) is 17.4. The van der Waals surface area contributed by atoms with E-state index in [0.29, 0.717) is 17.4 Å². The molecule has 3 rings (SSSR count). The van der Waals surface area contributed by atoms with E-state index in [1.165, 1.54) is 6.20 Å². The van der Waals surface area contributed by atoms with Crippen LogP contribution in [0, 0.1) is 11.8 Å². The van der Waals surface area contributed by atoms with Crippen LogP contribution in [-0.2, 0) is 22.7 Å². The van der Waals surface area contributed by atoms with Gasteiger partial charge in [0, 0.05) is 10.9 Å². The molecular weight excluding hydrogens is 328 g/mol. The fourth-order valence-corrected chi connectivity index (χ4v) is 2.60. The van der Waals surface area contributed by atoms with E-state index in [-0.39, 0.29) is 24.4 Å². The Morgan fingerprint density at radius 1 is 1.15 bits per heavy atom. The second kappa shape index (κ2) is 8.13. The summed E-state index contributed by atoms with van der Waals surface area (Å²) in [5.41, 5.74) is 2.42. The van der Waals surface area contributed by atoms with Crippen LogP contribution in [-0.4, -0.2) is 15.7 Å². The second-order valence-electron chi connectivity index (χ2n) is 5.73. The fourth-order valence-electron chi connectivity index (χ4n) is 2.60. The highest BCUT2D eigenvalue weighted by Gasteiger charge is 2.07. The molecule has 0 saturated heterocycles. The van der Waals surface area contributed by atoms with Crippen molar-refractivity contribution in [3.8, 4) is 11.8 Å². The van der Waals surface area contributed by atoms with Crippen LogP contribution in [0.1, 0.15) is 24.5 Å². The zero-order chi connectivity index (χ0) is 18.4. The standard InChI is InChI=1S/C21H18N2O3/c1-2-5-16-8-10-17(11-9-16)15-26-21(25)12-13-23-19-7-4-3-6-18(19)20(24)14-22-23/h3-4,6-11,14H,12-13,15H2,1H3. The van der Waals surface area contributed by atoms with Crippen molar-refractivity contribution >= 4 is 16.9 Å². The summed E-state index contributed by atoms with van der Waals surface area (Å²) in [6, 6.07) is 14.8. The number of hydrogen-bond donors (Lipinski definition) is 0. The summed E-state index contributed by atoms with van der Waals surface area (Å²) in [6.45, 7) is 2.36. The number of carbonyl (C=O) groups excluding carboxylic acids is 1. The summed E-state index contributed by atoms with van der Waals surface area (Å²) in [5, 5.41) is 4.70. The van der Waals surface area contributed by atoms with Gasteiger partial charge in [-0.05, 0) is 36.8 Å². The maximum absolute atomic E-state index is 12.0. The Bertz CT molecular complexity index is 1040. The number of aryl methyl sites for hydroxylation is 1. The molecule has 0 N–H and O–H groups in total. The average molecular weight is 346 g/mol. The topological polar surface area (TPSA) is 61.2 Å². The zero-order valence-electron chi connectivity index (χ0n) is 14.4. The third kappa shape index (κ3) is 4.17. The molecule has 0 saturated carbocycles. The van der Waals surface area contributed by atoms with Crippen LogP contribution in [0.4, 0.5) is 0 Å². The molecule has 0 spiro atoms. The Kier molecular flexibility index (Phi) is 5.45. The molecule has 0 amide bonds. The van der Waals surface area contributed by atoms with Crippen LogP contribution in [0.5, 0.6) is 0 Å². The van der Waals surface area contributed by atoms with Crippen molar-refractivity contribution in [2.45, 2.75) is 26.5 Å². The summed E-state index contributed by atoms with van der Waals surface area (Å²) >= 11 is 0. The highest BCUT2D eigenvalue weighted by atomic mass is 16.5. The first-order valence-corrected chi connectivity index (χ1v) is 8.29. The zero-order valence-corrected chi connectivity index (χ0v) is 14.4. The average Bonchev–Trinajstić information content (AvgIpc) is 2.67. The van der Waals surface area contributed by atoms with E-state index in [2.05, 4.69) is 16.9 Å². The molecule has 130 valence electrons. The first-order chi connectivity index (χ1) is 12.7. The number of esters is 1. The maximum atomic E-state index is 12.0. The van der Waals surface area contributed by atoms with Crippen molar-refractivity contribution in [2.24, 2.45) is 0 Å². The van der Waals surface area contributed by atoms with Gasteiger partial charge in [-0.2, -0.15) is 5.10 Å². The van der Waals surface area contributed by atoms with E-state index in [1.807, 2.05) is 36.4 Å². The van der Waals surface area contributed by atoms with Crippen molar-refractivity contribution in [3.05, 3.63) is 76.1 Å². The van der Waals surface area contributed by atoms with Crippen molar-refractivity contribution < 1.29 is 9.53 Å². The minimum atomic E-state index is -0.313. The van der Waals surface area contributed by atoms with Crippen LogP contribution in [0.3, 0.4) is 0 Å². The molecule has 0 aliphatic carbocycles. The number of nitrogens with zero attached hydrogens (tertiary/aromatic N) is 2. The SMILES string of the molecule is CC#Cc1ccc(COC(=O)CCn2ncc(=O)c3ccccc32)cc1. The van der Waals surface area contributed by atoms with E-state index in [1.54, 1.807) is 23.7 Å². The van der Waals surface area contributed by atoms with Gasteiger partial charge in [-0.1, -0.05) is 30.2 Å². The summed E-state index contributed by atoms with van der Waals surface area (Å²) in [5.74, 6) is 5.49. The number of aromatic nitrogens is 2. The lowest BCUT2D eigenvalue weighted by Crippen LogP contribution is -2.15. The number of rotatable bonds is 5. The quantitative estimate of drug-likeness (QED) is 0.526. The lowest BCUT2D eigenvalue weighted by molar-refractivity contribution is -0.145. The minimum Gasteiger partial charge on any atom is -0.461 e. The molecule has 5 heteroatoms. The summed E-state index contributed by atoms with van der Waals surface area (Å²) < 4.78 is 6.96. The normalized spacial score (nSPS) is 10.2. The predicted molar refractivity (Wildman–Crippen MR) is 99.4 cm³/mol. The lowest BCUT2D eigenvalue weighted by Gasteiger charge is -2.09. The second-order valence-corrected chi connectivity index (χ2v) is 5.73. The molecule has 3 aromatic rings. The van der Waals surface area contributed by atoms with Gasteiger partial charge in [0.25, 0.3) is 0 Å². The Balaban J connectivity index is 1.58. The number of carbonyl (C=O) groups is 1. The van der Waals surface area contributed by atoms with Crippen LogP contribution >= 0.6 is 0 Å². The van der Waals surface area contributed by atoms with E-state index in [4.69, 9.17) is 4.74 Å². The van der Waals surface area contributed by atoms with E-state index >= 15 is 0 Å². The summed E-state index contributed by atoms with van der Waals surface area (Å²) in [7, 11) is 0. The summed E-state index contributed by atoms with van der Waals surface area (Å²) in [4.78, 5) is 23.8. The third-order valence-electron chi connectivity index (χ3n) is 3.91. The molecule has 26 heavy (non-hydrogen) atoms. The fraction of sp³-hybridized carbons (Fsp3) is 0.190. The number of hydrogen-bond acceptors (Lipinski definition) is 4. The van der Waals surface area contributed by atoms with Crippen molar-refractivity contribution in [1.29, 1.82) is 0 Å². The largest absolute Gasteiger partial charge is 0.461 e. The van der Waals surface area contributed by atoms with E-state index < -0.39 is 0 Å². The highest BCUT2D eigenvalue weighted by molar-refractivity contribution is 5.78. The maximum Gasteiger partial charge on any atom is 0.308 e. The van der Waals surface area contributed by atoms with Gasteiger partial charge >= 0.3 is 5.97 Å². The molecular formula is C21H18N2O3. The lowest BCUT2D eigenvalue weighted by atomic mass is 10.1. The van der Waals surface area contributed by atoms with Crippen LogP contribution in [0.25, 0.3) is 10.9 Å². The first-order valence-electron chi connectivity index (χ1n) is 8.29. The number of para-hydroxylation sites is 1. The Labute approximate surface area is 151 Å². The molecule has 0 aliphatic rings. The highest BCUT2D eigenvalue weighted by Crippen LogP contribution is 2.09. The predicted octanol–water partition coefficient (Wildman–Crippen LogP) is 2.90. The Hall–Kier alpha value is -3.39. The van der Waals surface area contributed by atoms with Crippen LogP contribution in [0.2, 0.25) is 0 Å².